The first-order valence-electron chi connectivity index (χ1n) is 4.35. The van der Waals surface area contributed by atoms with Crippen LogP contribution in [0.2, 0.25) is 19.6 Å². The molecule has 2 nitrogen and oxygen atoms in total. The molecule has 0 aromatic heterocycles. The molecule has 1 heterocycles. The lowest BCUT2D eigenvalue weighted by Crippen LogP contribution is -2.42. The van der Waals surface area contributed by atoms with E-state index in [0.717, 1.165) is 5.57 Å². The lowest BCUT2D eigenvalue weighted by atomic mass is 10.2. The minimum Gasteiger partial charge on any atom is -0.454 e. The lowest BCUT2D eigenvalue weighted by Gasteiger charge is -2.28. The molecule has 0 amide bonds. The summed E-state index contributed by atoms with van der Waals surface area (Å²) in [5.41, 5.74) is 1.08. The molecule has 13 heavy (non-hydrogen) atoms. The van der Waals surface area contributed by atoms with Crippen molar-refractivity contribution in [3.8, 4) is 0 Å². The molecule has 4 heteroatoms. The van der Waals surface area contributed by atoms with Crippen LogP contribution in [0.15, 0.2) is 11.6 Å². The Bertz CT molecular complexity index is 255. The van der Waals surface area contributed by atoms with Gasteiger partial charge in [-0.15, -0.1) is 0 Å². The molecule has 0 saturated carbocycles. The fraction of sp³-hybridized carbons (Fsp3) is 0.667. The van der Waals surface area contributed by atoms with Crippen LogP contribution < -0.4 is 0 Å². The highest BCUT2D eigenvalue weighted by atomic mass is 127. The number of hydrogen-bond acceptors (Lipinski definition) is 2. The summed E-state index contributed by atoms with van der Waals surface area (Å²) in [7, 11) is -1.23. The Morgan fingerprint density at radius 3 is 2.38 bits per heavy atom. The number of esters is 1. The van der Waals surface area contributed by atoms with Gasteiger partial charge < -0.3 is 4.74 Å². The topological polar surface area (TPSA) is 26.3 Å². The largest absolute Gasteiger partial charge is 0.454 e. The Hall–Kier alpha value is 0.157. The summed E-state index contributed by atoms with van der Waals surface area (Å²) in [4.78, 5) is 11.0. The van der Waals surface area contributed by atoms with Crippen LogP contribution in [0, 0.1) is 0 Å². The van der Waals surface area contributed by atoms with Gasteiger partial charge in [0.15, 0.2) is 0 Å². The maximum atomic E-state index is 11.0. The zero-order valence-corrected chi connectivity index (χ0v) is 11.6. The summed E-state index contributed by atoms with van der Waals surface area (Å²) in [5.74, 6) is -0.178. The van der Waals surface area contributed by atoms with E-state index in [1.807, 2.05) is 6.92 Å². The van der Waals surface area contributed by atoms with Gasteiger partial charge in [-0.1, -0.05) is 42.2 Å². The van der Waals surface area contributed by atoms with Gasteiger partial charge in [-0.05, 0) is 12.5 Å². The zero-order chi connectivity index (χ0) is 10.2. The Balaban J connectivity index is 2.76. The Kier molecular flexibility index (Phi) is 3.22. The van der Waals surface area contributed by atoms with Gasteiger partial charge in [0.2, 0.25) is 0 Å². The van der Waals surface area contributed by atoms with E-state index in [-0.39, 0.29) is 12.1 Å². The van der Waals surface area contributed by atoms with E-state index in [2.05, 4.69) is 42.2 Å². The molecule has 0 N–H and O–H groups in total. The fourth-order valence-corrected chi connectivity index (χ4v) is 3.22. The number of carbonyl (C=O) groups excluding carboxylic acids is 1. The second kappa shape index (κ2) is 3.72. The van der Waals surface area contributed by atoms with E-state index < -0.39 is 8.07 Å². The van der Waals surface area contributed by atoms with E-state index in [1.54, 1.807) is 6.08 Å². The SMILES string of the molecule is CC1=CC(=O)O[C@@H]1[C@H](I)[Si](C)(C)C. The molecule has 2 atom stereocenters. The predicted octanol–water partition coefficient (Wildman–Crippen LogP) is 2.54. The third-order valence-corrected chi connectivity index (χ3v) is 10.3. The van der Waals surface area contributed by atoms with Crippen LogP contribution >= 0.6 is 22.6 Å². The van der Waals surface area contributed by atoms with Crippen molar-refractivity contribution < 1.29 is 9.53 Å². The molecule has 0 unspecified atom stereocenters. The quantitative estimate of drug-likeness (QED) is 0.339. The molecule has 0 aromatic rings. The molecular weight excluding hydrogens is 295 g/mol. The summed E-state index contributed by atoms with van der Waals surface area (Å²) >= 11 is 2.42. The number of halogens is 1. The minimum atomic E-state index is -1.23. The average Bonchev–Trinajstić information content (AvgIpc) is 2.26. The van der Waals surface area contributed by atoms with Crippen molar-refractivity contribution >= 4 is 36.6 Å². The number of alkyl halides is 1. The van der Waals surface area contributed by atoms with Crippen LogP contribution in [-0.2, 0) is 9.53 Å². The number of cyclic esters (lactones) is 1. The summed E-state index contributed by atoms with van der Waals surface area (Å²) in [6.45, 7) is 8.86. The first-order chi connectivity index (χ1) is 5.82. The van der Waals surface area contributed by atoms with Crippen LogP contribution in [0.5, 0.6) is 0 Å². The molecular formula is C9H15IO2Si. The van der Waals surface area contributed by atoms with Gasteiger partial charge in [0.25, 0.3) is 0 Å². The minimum absolute atomic E-state index is 0.0276. The van der Waals surface area contributed by atoms with Crippen molar-refractivity contribution in [2.75, 3.05) is 0 Å². The third-order valence-electron chi connectivity index (χ3n) is 2.13. The molecule has 0 aromatic carbocycles. The van der Waals surface area contributed by atoms with Gasteiger partial charge in [-0.2, -0.15) is 0 Å². The third kappa shape index (κ3) is 2.55. The predicted molar refractivity (Wildman–Crippen MR) is 64.8 cm³/mol. The first-order valence-corrected chi connectivity index (χ1v) is 9.17. The summed E-state index contributed by atoms with van der Waals surface area (Å²) in [5, 5.41) is 0. The maximum absolute atomic E-state index is 11.0. The second-order valence-corrected chi connectivity index (χ2v) is 12.4. The van der Waals surface area contributed by atoms with E-state index in [9.17, 15) is 4.79 Å². The van der Waals surface area contributed by atoms with Crippen LogP contribution in [0.3, 0.4) is 0 Å². The summed E-state index contributed by atoms with van der Waals surface area (Å²) in [6.07, 6.45) is 1.64. The smallest absolute Gasteiger partial charge is 0.331 e. The standard InChI is InChI=1S/C9H15IO2Si/c1-6-5-7(11)12-8(6)9(10)13(2,3)4/h5,8-9H,1-4H3/t8-,9+/m0/s1. The number of hydrogen-bond donors (Lipinski definition) is 0. The lowest BCUT2D eigenvalue weighted by molar-refractivity contribution is -0.138. The van der Waals surface area contributed by atoms with Crippen molar-refractivity contribution in [3.05, 3.63) is 11.6 Å². The van der Waals surface area contributed by atoms with Crippen molar-refractivity contribution in [2.24, 2.45) is 0 Å². The van der Waals surface area contributed by atoms with E-state index >= 15 is 0 Å². The van der Waals surface area contributed by atoms with Gasteiger partial charge in [-0.25, -0.2) is 4.79 Å². The van der Waals surface area contributed by atoms with Crippen molar-refractivity contribution in [3.63, 3.8) is 0 Å². The molecule has 0 radical (unpaired) electrons. The highest BCUT2D eigenvalue weighted by Gasteiger charge is 2.37. The molecule has 1 aliphatic heterocycles. The van der Waals surface area contributed by atoms with Crippen LogP contribution in [0.4, 0.5) is 0 Å². The van der Waals surface area contributed by atoms with Crippen LogP contribution in [0.25, 0.3) is 0 Å². The Labute approximate surface area is 93.9 Å². The van der Waals surface area contributed by atoms with Crippen molar-refractivity contribution in [1.82, 2.24) is 0 Å². The fourth-order valence-electron chi connectivity index (χ4n) is 1.26. The second-order valence-electron chi connectivity index (χ2n) is 4.51. The van der Waals surface area contributed by atoms with Gasteiger partial charge in [0.05, 0.1) is 8.07 Å². The van der Waals surface area contributed by atoms with Crippen LogP contribution in [-0.4, -0.2) is 23.7 Å². The molecule has 0 aliphatic carbocycles. The molecule has 0 saturated heterocycles. The van der Waals surface area contributed by atoms with Crippen LogP contribution in [0.1, 0.15) is 6.92 Å². The van der Waals surface area contributed by atoms with Gasteiger partial charge >= 0.3 is 5.97 Å². The zero-order valence-electron chi connectivity index (χ0n) is 8.43. The number of carbonyl (C=O) groups is 1. The monoisotopic (exact) mass is 310 g/mol. The van der Waals surface area contributed by atoms with Gasteiger partial charge in [0.1, 0.15) is 6.10 Å². The summed E-state index contributed by atoms with van der Waals surface area (Å²) in [6, 6.07) is 0. The summed E-state index contributed by atoms with van der Waals surface area (Å²) < 4.78 is 5.72. The first kappa shape index (κ1) is 11.2. The average molecular weight is 310 g/mol. The van der Waals surface area contributed by atoms with Gasteiger partial charge in [0, 0.05) is 9.62 Å². The molecule has 0 spiro atoms. The number of rotatable bonds is 2. The van der Waals surface area contributed by atoms with E-state index in [4.69, 9.17) is 4.74 Å². The molecule has 1 aliphatic rings. The molecule has 74 valence electrons. The molecule has 1 rings (SSSR count). The Morgan fingerprint density at radius 1 is 1.54 bits per heavy atom. The van der Waals surface area contributed by atoms with Crippen molar-refractivity contribution in [2.45, 2.75) is 36.2 Å². The highest BCUT2D eigenvalue weighted by Crippen LogP contribution is 2.29. The maximum Gasteiger partial charge on any atom is 0.331 e. The number of ether oxygens (including phenoxy) is 1. The highest BCUT2D eigenvalue weighted by molar-refractivity contribution is 14.1. The molecule has 0 bridgehead atoms. The normalized spacial score (nSPS) is 25.5. The van der Waals surface area contributed by atoms with Gasteiger partial charge in [-0.3, -0.25) is 0 Å². The van der Waals surface area contributed by atoms with Crippen molar-refractivity contribution in [1.29, 1.82) is 0 Å². The van der Waals surface area contributed by atoms with E-state index in [1.165, 1.54) is 0 Å². The molecule has 0 fully saturated rings. The van der Waals surface area contributed by atoms with E-state index in [0.29, 0.717) is 3.55 Å². The Morgan fingerprint density at radius 2 is 2.08 bits per heavy atom.